The normalized spacial score (nSPS) is 9.53. The van der Waals surface area contributed by atoms with E-state index in [1.54, 1.807) is 0 Å². The Labute approximate surface area is 96.0 Å². The fourth-order valence-corrected chi connectivity index (χ4v) is 1.48. The van der Waals surface area contributed by atoms with E-state index in [-0.39, 0.29) is 0 Å². The van der Waals surface area contributed by atoms with E-state index >= 15 is 0 Å². The maximum Gasteiger partial charge on any atom is 0.125 e. The van der Waals surface area contributed by atoms with E-state index in [2.05, 4.69) is 48.4 Å². The van der Waals surface area contributed by atoms with E-state index in [1.165, 1.54) is 11.1 Å². The molecular weight excluding hydrogens is 206 g/mol. The van der Waals surface area contributed by atoms with Crippen molar-refractivity contribution < 1.29 is 4.74 Å². The van der Waals surface area contributed by atoms with Crippen LogP contribution in [0, 0.1) is 20.8 Å². The number of aryl methyl sites for hydroxylation is 2. The number of thiocarbonyl (C=S) groups is 1. The largest absolute Gasteiger partial charge is 0.491 e. The predicted octanol–water partition coefficient (Wildman–Crippen LogP) is 3.09. The SMILES string of the molecule is Cc1ccc(C)c(OCCN=C=S)c1C. The topological polar surface area (TPSA) is 21.6 Å². The monoisotopic (exact) mass is 221 g/mol. The fourth-order valence-electron chi connectivity index (χ4n) is 1.39. The van der Waals surface area contributed by atoms with Gasteiger partial charge in [-0.15, -0.1) is 0 Å². The van der Waals surface area contributed by atoms with Gasteiger partial charge in [-0.3, -0.25) is 0 Å². The number of benzene rings is 1. The van der Waals surface area contributed by atoms with Gasteiger partial charge in [-0.2, -0.15) is 0 Å². The lowest BCUT2D eigenvalue weighted by Crippen LogP contribution is -2.04. The highest BCUT2D eigenvalue weighted by molar-refractivity contribution is 7.78. The van der Waals surface area contributed by atoms with E-state index in [4.69, 9.17) is 4.74 Å². The summed E-state index contributed by atoms with van der Waals surface area (Å²) in [5.74, 6) is 0.967. The second-order valence-corrected chi connectivity index (χ2v) is 3.66. The van der Waals surface area contributed by atoms with E-state index < -0.39 is 0 Å². The van der Waals surface area contributed by atoms with Gasteiger partial charge in [-0.1, -0.05) is 12.1 Å². The Bertz CT molecular complexity index is 395. The first kappa shape index (κ1) is 11.9. The molecule has 0 bridgehead atoms. The maximum atomic E-state index is 5.67. The van der Waals surface area contributed by atoms with Crippen LogP contribution in [0.1, 0.15) is 16.7 Å². The highest BCUT2D eigenvalue weighted by atomic mass is 32.1. The van der Waals surface area contributed by atoms with Crippen molar-refractivity contribution in [3.8, 4) is 5.75 Å². The lowest BCUT2D eigenvalue weighted by Gasteiger charge is -2.12. The molecule has 0 fully saturated rings. The molecule has 0 aromatic heterocycles. The summed E-state index contributed by atoms with van der Waals surface area (Å²) < 4.78 is 5.67. The lowest BCUT2D eigenvalue weighted by atomic mass is 10.1. The first-order valence-corrected chi connectivity index (χ1v) is 5.31. The Hall–Kier alpha value is -1.18. The van der Waals surface area contributed by atoms with E-state index in [9.17, 15) is 0 Å². The van der Waals surface area contributed by atoms with Crippen molar-refractivity contribution in [2.75, 3.05) is 13.2 Å². The van der Waals surface area contributed by atoms with Gasteiger partial charge in [0.25, 0.3) is 0 Å². The van der Waals surface area contributed by atoms with Gasteiger partial charge >= 0.3 is 0 Å². The molecule has 0 atom stereocenters. The average Bonchev–Trinajstić information content (AvgIpc) is 2.23. The molecule has 0 aliphatic heterocycles. The van der Waals surface area contributed by atoms with Crippen LogP contribution in [0.4, 0.5) is 0 Å². The van der Waals surface area contributed by atoms with Crippen LogP contribution in [0.3, 0.4) is 0 Å². The molecule has 1 aromatic rings. The lowest BCUT2D eigenvalue weighted by molar-refractivity contribution is 0.324. The van der Waals surface area contributed by atoms with Crippen LogP contribution in [0.5, 0.6) is 5.75 Å². The summed E-state index contributed by atoms with van der Waals surface area (Å²) in [7, 11) is 0. The van der Waals surface area contributed by atoms with Crippen LogP contribution in [0.15, 0.2) is 17.1 Å². The zero-order valence-corrected chi connectivity index (χ0v) is 10.1. The van der Waals surface area contributed by atoms with Crippen molar-refractivity contribution in [1.82, 2.24) is 0 Å². The number of hydrogen-bond acceptors (Lipinski definition) is 3. The summed E-state index contributed by atoms with van der Waals surface area (Å²) in [5, 5.41) is 2.32. The van der Waals surface area contributed by atoms with Crippen LogP contribution in [-0.2, 0) is 0 Å². The third-order valence-electron chi connectivity index (χ3n) is 2.39. The molecule has 0 N–H and O–H groups in total. The number of rotatable bonds is 4. The summed E-state index contributed by atoms with van der Waals surface area (Å²) >= 11 is 4.48. The Morgan fingerprint density at radius 3 is 2.60 bits per heavy atom. The van der Waals surface area contributed by atoms with Gasteiger partial charge < -0.3 is 4.74 Å². The fraction of sp³-hybridized carbons (Fsp3) is 0.417. The van der Waals surface area contributed by atoms with Gasteiger partial charge in [0, 0.05) is 0 Å². The summed E-state index contributed by atoms with van der Waals surface area (Å²) in [4.78, 5) is 3.81. The third-order valence-corrected chi connectivity index (χ3v) is 2.52. The van der Waals surface area contributed by atoms with Crippen molar-refractivity contribution in [1.29, 1.82) is 0 Å². The van der Waals surface area contributed by atoms with E-state index in [0.717, 1.165) is 11.3 Å². The molecule has 0 amide bonds. The standard InChI is InChI=1S/C12H15NOS/c1-9-4-5-10(2)12(11(9)3)14-7-6-13-8-15/h4-5H,6-7H2,1-3H3. The van der Waals surface area contributed by atoms with Gasteiger partial charge in [-0.25, -0.2) is 4.99 Å². The Morgan fingerprint density at radius 2 is 1.93 bits per heavy atom. The third kappa shape index (κ3) is 3.15. The number of isothiocyanates is 1. The highest BCUT2D eigenvalue weighted by Crippen LogP contribution is 2.25. The first-order valence-electron chi connectivity index (χ1n) is 4.90. The van der Waals surface area contributed by atoms with Gasteiger partial charge in [0.1, 0.15) is 12.4 Å². The Balaban J connectivity index is 2.75. The van der Waals surface area contributed by atoms with Gasteiger partial charge in [0.2, 0.25) is 0 Å². The maximum absolute atomic E-state index is 5.67. The van der Waals surface area contributed by atoms with Crippen LogP contribution in [-0.4, -0.2) is 18.3 Å². The molecule has 0 spiro atoms. The van der Waals surface area contributed by atoms with Crippen LogP contribution in [0.25, 0.3) is 0 Å². The Kier molecular flexibility index (Phi) is 4.47. The van der Waals surface area contributed by atoms with Crippen molar-refractivity contribution in [2.45, 2.75) is 20.8 Å². The number of nitrogens with zero attached hydrogens (tertiary/aromatic N) is 1. The van der Waals surface area contributed by atoms with Crippen molar-refractivity contribution >= 4 is 17.4 Å². The average molecular weight is 221 g/mol. The first-order chi connectivity index (χ1) is 7.16. The molecule has 0 unspecified atom stereocenters. The van der Waals surface area contributed by atoms with Crippen molar-refractivity contribution in [3.05, 3.63) is 28.8 Å². The number of hydrogen-bond donors (Lipinski definition) is 0. The van der Waals surface area contributed by atoms with Crippen LogP contribution >= 0.6 is 12.2 Å². The summed E-state index contributed by atoms with van der Waals surface area (Å²) in [6.07, 6.45) is 0. The minimum Gasteiger partial charge on any atom is -0.491 e. The quantitative estimate of drug-likeness (QED) is 0.442. The minimum absolute atomic E-state index is 0.550. The van der Waals surface area contributed by atoms with E-state index in [1.807, 2.05) is 6.92 Å². The molecule has 0 saturated carbocycles. The molecule has 2 nitrogen and oxygen atoms in total. The summed E-state index contributed by atoms with van der Waals surface area (Å²) in [5.41, 5.74) is 3.60. The van der Waals surface area contributed by atoms with Gasteiger partial charge in [0.15, 0.2) is 0 Å². The molecule has 0 heterocycles. The molecule has 1 rings (SSSR count). The molecule has 3 heteroatoms. The molecule has 80 valence electrons. The van der Waals surface area contributed by atoms with Crippen molar-refractivity contribution in [3.63, 3.8) is 0 Å². The number of ether oxygens (including phenoxy) is 1. The molecule has 1 aromatic carbocycles. The van der Waals surface area contributed by atoms with Crippen molar-refractivity contribution in [2.24, 2.45) is 4.99 Å². The Morgan fingerprint density at radius 1 is 1.27 bits per heavy atom. The summed E-state index contributed by atoms with van der Waals surface area (Å²) in [6, 6.07) is 4.17. The molecular formula is C12H15NOS. The second-order valence-electron chi connectivity index (χ2n) is 3.47. The second kappa shape index (κ2) is 5.64. The minimum atomic E-state index is 0.550. The molecule has 0 saturated heterocycles. The smallest absolute Gasteiger partial charge is 0.125 e. The molecule has 0 aliphatic rings. The molecule has 0 radical (unpaired) electrons. The number of aliphatic imine (C=N–C) groups is 1. The molecule has 0 aliphatic carbocycles. The zero-order chi connectivity index (χ0) is 11.3. The highest BCUT2D eigenvalue weighted by Gasteiger charge is 2.05. The predicted molar refractivity (Wildman–Crippen MR) is 66.0 cm³/mol. The van der Waals surface area contributed by atoms with Gasteiger partial charge in [0.05, 0.1) is 11.7 Å². The van der Waals surface area contributed by atoms with Gasteiger partial charge in [-0.05, 0) is 49.7 Å². The van der Waals surface area contributed by atoms with Crippen LogP contribution in [0.2, 0.25) is 0 Å². The molecule has 15 heavy (non-hydrogen) atoms. The summed E-state index contributed by atoms with van der Waals surface area (Å²) in [6.45, 7) is 7.31. The van der Waals surface area contributed by atoms with Crippen LogP contribution < -0.4 is 4.74 Å². The zero-order valence-electron chi connectivity index (χ0n) is 9.33. The van der Waals surface area contributed by atoms with E-state index in [0.29, 0.717) is 13.2 Å².